The van der Waals surface area contributed by atoms with Gasteiger partial charge in [0, 0.05) is 19.4 Å². The average molecular weight is 307 g/mol. The molecule has 0 unspecified atom stereocenters. The van der Waals surface area contributed by atoms with Crippen LogP contribution in [0.5, 0.6) is 0 Å². The highest BCUT2D eigenvalue weighted by Gasteiger charge is 2.13. The number of rotatable bonds is 3. The first-order valence-electron chi connectivity index (χ1n) is 7.07. The summed E-state index contributed by atoms with van der Waals surface area (Å²) in [5, 5.41) is 12.9. The van der Waals surface area contributed by atoms with Crippen molar-refractivity contribution in [1.29, 1.82) is 0 Å². The van der Waals surface area contributed by atoms with Crippen molar-refractivity contribution in [3.63, 3.8) is 0 Å². The zero-order valence-corrected chi connectivity index (χ0v) is 12.4. The standard InChI is InChI=1S/C15H13N7O/c1-20-8-7-16-13(20)10-21-15(23)12-9-17-22(14(12)18-19-21)11-5-3-2-4-6-11/h2-9H,10H2,1H3. The third-order valence-electron chi connectivity index (χ3n) is 3.67. The number of benzene rings is 1. The predicted molar refractivity (Wildman–Crippen MR) is 83.2 cm³/mol. The van der Waals surface area contributed by atoms with Crippen LogP contribution in [-0.2, 0) is 13.6 Å². The molecule has 8 heteroatoms. The Morgan fingerprint density at radius 1 is 1.17 bits per heavy atom. The van der Waals surface area contributed by atoms with Gasteiger partial charge in [0.2, 0.25) is 0 Å². The van der Waals surface area contributed by atoms with Crippen molar-refractivity contribution in [2.24, 2.45) is 7.05 Å². The second-order valence-corrected chi connectivity index (χ2v) is 5.14. The molecule has 0 radical (unpaired) electrons. The number of para-hydroxylation sites is 1. The quantitative estimate of drug-likeness (QED) is 0.558. The summed E-state index contributed by atoms with van der Waals surface area (Å²) in [4.78, 5) is 16.8. The highest BCUT2D eigenvalue weighted by Crippen LogP contribution is 2.12. The van der Waals surface area contributed by atoms with Crippen LogP contribution >= 0.6 is 0 Å². The van der Waals surface area contributed by atoms with E-state index in [1.54, 1.807) is 10.9 Å². The van der Waals surface area contributed by atoms with E-state index in [2.05, 4.69) is 20.4 Å². The van der Waals surface area contributed by atoms with Crippen molar-refractivity contribution in [3.8, 4) is 5.69 Å². The molecule has 8 nitrogen and oxygen atoms in total. The van der Waals surface area contributed by atoms with Crippen LogP contribution in [0.3, 0.4) is 0 Å². The number of hydrogen-bond donors (Lipinski definition) is 0. The average Bonchev–Trinajstić information content (AvgIpc) is 3.18. The molecule has 0 N–H and O–H groups in total. The van der Waals surface area contributed by atoms with Gasteiger partial charge >= 0.3 is 0 Å². The number of aryl methyl sites for hydroxylation is 1. The van der Waals surface area contributed by atoms with E-state index >= 15 is 0 Å². The SMILES string of the molecule is Cn1ccnc1Cn1nnc2c(cnn2-c2ccccc2)c1=O. The van der Waals surface area contributed by atoms with Gasteiger partial charge in [0.1, 0.15) is 17.8 Å². The van der Waals surface area contributed by atoms with Crippen molar-refractivity contribution in [1.82, 2.24) is 34.3 Å². The molecule has 114 valence electrons. The van der Waals surface area contributed by atoms with Crippen LogP contribution in [0.1, 0.15) is 5.82 Å². The fourth-order valence-corrected chi connectivity index (χ4v) is 2.41. The number of fused-ring (bicyclic) bond motifs is 1. The van der Waals surface area contributed by atoms with Crippen LogP contribution in [0.4, 0.5) is 0 Å². The highest BCUT2D eigenvalue weighted by molar-refractivity contribution is 5.74. The van der Waals surface area contributed by atoms with Crippen LogP contribution in [0.25, 0.3) is 16.7 Å². The van der Waals surface area contributed by atoms with Gasteiger partial charge < -0.3 is 4.57 Å². The van der Waals surface area contributed by atoms with E-state index in [1.165, 1.54) is 10.9 Å². The molecule has 0 bridgehead atoms. The first-order chi connectivity index (χ1) is 11.2. The summed E-state index contributed by atoms with van der Waals surface area (Å²) in [6.07, 6.45) is 5.02. The Bertz CT molecular complexity index is 1030. The summed E-state index contributed by atoms with van der Waals surface area (Å²) in [5.41, 5.74) is 1.04. The molecule has 0 atom stereocenters. The van der Waals surface area contributed by atoms with Gasteiger partial charge in [-0.2, -0.15) is 5.10 Å². The van der Waals surface area contributed by atoms with E-state index in [4.69, 9.17) is 0 Å². The number of hydrogen-bond acceptors (Lipinski definition) is 5. The van der Waals surface area contributed by atoms with Gasteiger partial charge in [-0.15, -0.1) is 5.10 Å². The van der Waals surface area contributed by atoms with Crippen LogP contribution in [0, 0.1) is 0 Å². The Morgan fingerprint density at radius 3 is 2.74 bits per heavy atom. The summed E-state index contributed by atoms with van der Waals surface area (Å²) in [6.45, 7) is 0.266. The van der Waals surface area contributed by atoms with E-state index in [9.17, 15) is 4.79 Å². The minimum Gasteiger partial charge on any atom is -0.336 e. The maximum Gasteiger partial charge on any atom is 0.281 e. The number of aromatic nitrogens is 7. The van der Waals surface area contributed by atoms with Gasteiger partial charge in [0.05, 0.1) is 11.9 Å². The van der Waals surface area contributed by atoms with Crippen LogP contribution in [0.15, 0.2) is 53.7 Å². The van der Waals surface area contributed by atoms with Crippen molar-refractivity contribution in [2.75, 3.05) is 0 Å². The Hall–Kier alpha value is -3.29. The fraction of sp³-hybridized carbons (Fsp3) is 0.133. The Balaban J connectivity index is 1.81. The first kappa shape index (κ1) is 13.4. The zero-order valence-electron chi connectivity index (χ0n) is 12.4. The maximum atomic E-state index is 12.6. The predicted octanol–water partition coefficient (Wildman–Crippen LogP) is 0.759. The van der Waals surface area contributed by atoms with Gasteiger partial charge in [-0.3, -0.25) is 4.79 Å². The molecule has 0 spiro atoms. The lowest BCUT2D eigenvalue weighted by Crippen LogP contribution is -2.26. The van der Waals surface area contributed by atoms with Crippen molar-refractivity contribution in [2.45, 2.75) is 6.54 Å². The first-order valence-corrected chi connectivity index (χ1v) is 7.07. The minimum atomic E-state index is -0.236. The maximum absolute atomic E-state index is 12.6. The third kappa shape index (κ3) is 2.20. The van der Waals surface area contributed by atoms with Crippen molar-refractivity contribution >= 4 is 11.0 Å². The van der Waals surface area contributed by atoms with Crippen molar-refractivity contribution < 1.29 is 0 Å². The number of imidazole rings is 1. The molecule has 3 heterocycles. The molecule has 0 saturated heterocycles. The second kappa shape index (κ2) is 5.16. The van der Waals surface area contributed by atoms with Gasteiger partial charge in [0.15, 0.2) is 5.65 Å². The molecule has 1 aromatic carbocycles. The molecule has 0 aliphatic rings. The van der Waals surface area contributed by atoms with Crippen molar-refractivity contribution in [3.05, 3.63) is 65.1 Å². The number of nitrogens with zero attached hydrogens (tertiary/aromatic N) is 7. The molecule has 3 aromatic heterocycles. The summed E-state index contributed by atoms with van der Waals surface area (Å²) in [6, 6.07) is 9.51. The van der Waals surface area contributed by atoms with Crippen LogP contribution < -0.4 is 5.56 Å². The lowest BCUT2D eigenvalue weighted by molar-refractivity contribution is 0.566. The highest BCUT2D eigenvalue weighted by atomic mass is 16.1. The molecule has 0 aliphatic carbocycles. The molecule has 4 rings (SSSR count). The van der Waals surface area contributed by atoms with E-state index in [1.807, 2.05) is 48.1 Å². The van der Waals surface area contributed by atoms with E-state index in [0.29, 0.717) is 11.0 Å². The summed E-state index contributed by atoms with van der Waals surface area (Å²) in [7, 11) is 1.87. The molecular formula is C15H13N7O. The van der Waals surface area contributed by atoms with Crippen LogP contribution in [0.2, 0.25) is 0 Å². The molecule has 0 fully saturated rings. The van der Waals surface area contributed by atoms with Crippen LogP contribution in [-0.4, -0.2) is 34.3 Å². The lowest BCUT2D eigenvalue weighted by atomic mass is 10.3. The van der Waals surface area contributed by atoms with Gasteiger partial charge in [0.25, 0.3) is 5.56 Å². The fourth-order valence-electron chi connectivity index (χ4n) is 2.41. The van der Waals surface area contributed by atoms with Gasteiger partial charge in [-0.25, -0.2) is 14.3 Å². The molecule has 4 aromatic rings. The molecule has 0 amide bonds. The molecule has 0 saturated carbocycles. The lowest BCUT2D eigenvalue weighted by Gasteiger charge is -2.05. The smallest absolute Gasteiger partial charge is 0.281 e. The van der Waals surface area contributed by atoms with E-state index in [-0.39, 0.29) is 12.1 Å². The van der Waals surface area contributed by atoms with Gasteiger partial charge in [-0.1, -0.05) is 23.4 Å². The van der Waals surface area contributed by atoms with Gasteiger partial charge in [-0.05, 0) is 12.1 Å². The zero-order chi connectivity index (χ0) is 15.8. The molecular weight excluding hydrogens is 294 g/mol. The Labute approximate surface area is 130 Å². The molecule has 23 heavy (non-hydrogen) atoms. The second-order valence-electron chi connectivity index (χ2n) is 5.14. The Kier molecular flexibility index (Phi) is 3.00. The third-order valence-corrected chi connectivity index (χ3v) is 3.67. The monoisotopic (exact) mass is 307 g/mol. The largest absolute Gasteiger partial charge is 0.336 e. The topological polar surface area (TPSA) is 83.4 Å². The summed E-state index contributed by atoms with van der Waals surface area (Å²) >= 11 is 0. The summed E-state index contributed by atoms with van der Waals surface area (Å²) in [5.74, 6) is 0.733. The Morgan fingerprint density at radius 2 is 2.00 bits per heavy atom. The normalized spacial score (nSPS) is 11.2. The van der Waals surface area contributed by atoms with E-state index < -0.39 is 0 Å². The summed E-state index contributed by atoms with van der Waals surface area (Å²) < 4.78 is 4.74. The molecule has 0 aliphatic heterocycles. The van der Waals surface area contributed by atoms with E-state index in [0.717, 1.165) is 11.5 Å². The minimum absolute atomic E-state index is 0.236.